The van der Waals surface area contributed by atoms with Crippen molar-refractivity contribution >= 4 is 23.0 Å². The molecule has 2 rings (SSSR count). The van der Waals surface area contributed by atoms with Gasteiger partial charge in [-0.3, -0.25) is 0 Å². The zero-order chi connectivity index (χ0) is 14.0. The zero-order valence-electron chi connectivity index (χ0n) is 11.2. The number of carboxylic acid groups (broad SMARTS) is 1. The number of hydrogen-bond donors (Lipinski definition) is 2. The Morgan fingerprint density at radius 2 is 2.00 bits per heavy atom. The molecule has 0 saturated heterocycles. The maximum atomic E-state index is 11.0. The van der Waals surface area contributed by atoms with Crippen molar-refractivity contribution in [1.29, 1.82) is 0 Å². The number of carboxylic acids is 1. The molecule has 0 fully saturated rings. The summed E-state index contributed by atoms with van der Waals surface area (Å²) in [5.74, 6) is -0.900. The van der Waals surface area contributed by atoms with Crippen LogP contribution in [0.2, 0.25) is 0 Å². The molecule has 0 aliphatic carbocycles. The summed E-state index contributed by atoms with van der Waals surface area (Å²) in [6, 6.07) is 7.42. The first-order chi connectivity index (χ1) is 8.99. The van der Waals surface area contributed by atoms with Gasteiger partial charge in [-0.05, 0) is 55.5 Å². The van der Waals surface area contributed by atoms with Gasteiger partial charge in [0.15, 0.2) is 0 Å². The molecule has 1 unspecified atom stereocenters. The van der Waals surface area contributed by atoms with E-state index >= 15 is 0 Å². The lowest BCUT2D eigenvalue weighted by Gasteiger charge is -2.17. The van der Waals surface area contributed by atoms with Gasteiger partial charge < -0.3 is 10.4 Å². The second-order valence-corrected chi connectivity index (χ2v) is 5.62. The summed E-state index contributed by atoms with van der Waals surface area (Å²) in [6.45, 7) is 6.15. The van der Waals surface area contributed by atoms with Gasteiger partial charge in [-0.2, -0.15) is 0 Å². The first kappa shape index (κ1) is 13.6. The van der Waals surface area contributed by atoms with Gasteiger partial charge in [0.05, 0.1) is 11.6 Å². The second-order valence-electron chi connectivity index (χ2n) is 4.67. The van der Waals surface area contributed by atoms with E-state index in [9.17, 15) is 4.79 Å². The molecule has 3 nitrogen and oxygen atoms in total. The first-order valence-electron chi connectivity index (χ1n) is 6.13. The third kappa shape index (κ3) is 2.96. The minimum atomic E-state index is -0.900. The predicted molar refractivity (Wildman–Crippen MR) is 79.2 cm³/mol. The lowest BCUT2D eigenvalue weighted by Crippen LogP contribution is -2.08. The summed E-state index contributed by atoms with van der Waals surface area (Å²) >= 11 is 1.71. The van der Waals surface area contributed by atoms with Crippen LogP contribution in [0.5, 0.6) is 0 Å². The van der Waals surface area contributed by atoms with Gasteiger partial charge in [-0.15, -0.1) is 11.3 Å². The molecule has 0 amide bonds. The fraction of sp³-hybridized carbons (Fsp3) is 0.267. The monoisotopic (exact) mass is 275 g/mol. The highest BCUT2D eigenvalue weighted by Crippen LogP contribution is 2.28. The van der Waals surface area contributed by atoms with Crippen molar-refractivity contribution in [3.05, 3.63) is 51.2 Å². The molecule has 1 aromatic carbocycles. The van der Waals surface area contributed by atoms with Crippen LogP contribution in [0.25, 0.3) is 0 Å². The Kier molecular flexibility index (Phi) is 3.90. The molecule has 19 heavy (non-hydrogen) atoms. The molecule has 0 bridgehead atoms. The molecule has 0 saturated carbocycles. The van der Waals surface area contributed by atoms with E-state index in [2.05, 4.69) is 30.6 Å². The van der Waals surface area contributed by atoms with E-state index in [1.165, 1.54) is 10.4 Å². The molecule has 1 atom stereocenters. The van der Waals surface area contributed by atoms with E-state index < -0.39 is 5.97 Å². The molecular weight excluding hydrogens is 258 g/mol. The van der Waals surface area contributed by atoms with Crippen LogP contribution >= 0.6 is 11.3 Å². The molecule has 0 aliphatic rings. The van der Waals surface area contributed by atoms with Gasteiger partial charge in [0, 0.05) is 10.6 Å². The Balaban J connectivity index is 2.26. The van der Waals surface area contributed by atoms with Gasteiger partial charge in [0.2, 0.25) is 0 Å². The molecule has 1 heterocycles. The first-order valence-corrected chi connectivity index (χ1v) is 7.01. The number of hydrogen-bond acceptors (Lipinski definition) is 3. The van der Waals surface area contributed by atoms with Crippen molar-refractivity contribution in [3.8, 4) is 0 Å². The van der Waals surface area contributed by atoms with E-state index in [0.717, 1.165) is 11.3 Å². The number of anilines is 1. The van der Waals surface area contributed by atoms with Crippen molar-refractivity contribution in [2.45, 2.75) is 26.8 Å². The van der Waals surface area contributed by atoms with Gasteiger partial charge in [-0.25, -0.2) is 4.79 Å². The lowest BCUT2D eigenvalue weighted by atomic mass is 10.1. The fourth-order valence-corrected chi connectivity index (χ4v) is 2.97. The normalized spacial score (nSPS) is 12.2. The minimum absolute atomic E-state index is 0.169. The SMILES string of the molecule is Cc1ccc(C(=O)O)cc1NC(C)c1sccc1C. The van der Waals surface area contributed by atoms with Crippen LogP contribution < -0.4 is 5.32 Å². The maximum absolute atomic E-state index is 11.0. The number of nitrogens with one attached hydrogen (secondary N) is 1. The van der Waals surface area contributed by atoms with Crippen LogP contribution in [-0.2, 0) is 0 Å². The molecule has 1 aromatic heterocycles. The Hall–Kier alpha value is -1.81. The summed E-state index contributed by atoms with van der Waals surface area (Å²) in [4.78, 5) is 12.3. The molecule has 0 aliphatic heterocycles. The summed E-state index contributed by atoms with van der Waals surface area (Å²) in [5, 5.41) is 14.5. The van der Waals surface area contributed by atoms with Crippen molar-refractivity contribution in [2.75, 3.05) is 5.32 Å². The van der Waals surface area contributed by atoms with E-state index in [-0.39, 0.29) is 6.04 Å². The topological polar surface area (TPSA) is 49.3 Å². The number of aryl methyl sites for hydroxylation is 2. The van der Waals surface area contributed by atoms with Crippen molar-refractivity contribution in [1.82, 2.24) is 0 Å². The van der Waals surface area contributed by atoms with Crippen LogP contribution in [0, 0.1) is 13.8 Å². The summed E-state index contributed by atoms with van der Waals surface area (Å²) in [6.07, 6.45) is 0. The van der Waals surface area contributed by atoms with Gasteiger partial charge in [0.25, 0.3) is 0 Å². The average Bonchev–Trinajstić information content (AvgIpc) is 2.78. The molecule has 2 aromatic rings. The van der Waals surface area contributed by atoms with Gasteiger partial charge in [-0.1, -0.05) is 6.07 Å². The van der Waals surface area contributed by atoms with E-state index in [0.29, 0.717) is 5.56 Å². The van der Waals surface area contributed by atoms with Crippen LogP contribution in [0.4, 0.5) is 5.69 Å². The summed E-state index contributed by atoms with van der Waals surface area (Å²) in [5.41, 5.74) is 3.49. The van der Waals surface area contributed by atoms with E-state index in [4.69, 9.17) is 5.11 Å². The van der Waals surface area contributed by atoms with E-state index in [1.807, 2.05) is 13.0 Å². The highest BCUT2D eigenvalue weighted by Gasteiger charge is 2.12. The summed E-state index contributed by atoms with van der Waals surface area (Å²) < 4.78 is 0. The molecule has 2 N–H and O–H groups in total. The molecular formula is C15H17NO2S. The Morgan fingerprint density at radius 1 is 1.26 bits per heavy atom. The second kappa shape index (κ2) is 5.45. The lowest BCUT2D eigenvalue weighted by molar-refractivity contribution is 0.0697. The average molecular weight is 275 g/mol. The Bertz CT molecular complexity index is 604. The maximum Gasteiger partial charge on any atom is 0.335 e. The highest BCUT2D eigenvalue weighted by atomic mass is 32.1. The number of thiophene rings is 1. The number of carbonyl (C=O) groups is 1. The quantitative estimate of drug-likeness (QED) is 0.877. The molecule has 0 spiro atoms. The van der Waals surface area contributed by atoms with Gasteiger partial charge in [0.1, 0.15) is 0 Å². The third-order valence-electron chi connectivity index (χ3n) is 3.15. The van der Waals surface area contributed by atoms with Crippen LogP contribution in [-0.4, -0.2) is 11.1 Å². The predicted octanol–water partition coefficient (Wildman–Crippen LogP) is 4.24. The Morgan fingerprint density at radius 3 is 2.58 bits per heavy atom. The van der Waals surface area contributed by atoms with Crippen LogP contribution in [0.3, 0.4) is 0 Å². The van der Waals surface area contributed by atoms with Gasteiger partial charge >= 0.3 is 5.97 Å². The van der Waals surface area contributed by atoms with Crippen molar-refractivity contribution in [3.63, 3.8) is 0 Å². The van der Waals surface area contributed by atoms with E-state index in [1.54, 1.807) is 23.5 Å². The Labute approximate surface area is 116 Å². The number of benzene rings is 1. The standard InChI is InChI=1S/C15H17NO2S/c1-9-4-5-12(15(17)18)8-13(9)16-11(3)14-10(2)6-7-19-14/h4-8,11,16H,1-3H3,(H,17,18). The number of aromatic carboxylic acids is 1. The molecule has 0 radical (unpaired) electrons. The third-order valence-corrected chi connectivity index (χ3v) is 4.35. The highest BCUT2D eigenvalue weighted by molar-refractivity contribution is 7.10. The fourth-order valence-electron chi connectivity index (χ4n) is 2.04. The van der Waals surface area contributed by atoms with Crippen molar-refractivity contribution < 1.29 is 9.90 Å². The van der Waals surface area contributed by atoms with Crippen LogP contribution in [0.1, 0.15) is 39.3 Å². The van der Waals surface area contributed by atoms with Crippen molar-refractivity contribution in [2.24, 2.45) is 0 Å². The van der Waals surface area contributed by atoms with Crippen LogP contribution in [0.15, 0.2) is 29.6 Å². The minimum Gasteiger partial charge on any atom is -0.478 e. The smallest absolute Gasteiger partial charge is 0.335 e. The number of rotatable bonds is 4. The summed E-state index contributed by atoms with van der Waals surface area (Å²) in [7, 11) is 0. The molecule has 4 heteroatoms. The zero-order valence-corrected chi connectivity index (χ0v) is 12.0. The largest absolute Gasteiger partial charge is 0.478 e. The molecule has 100 valence electrons.